The minimum atomic E-state index is -4.02. The lowest BCUT2D eigenvalue weighted by molar-refractivity contribution is -0.384. The highest BCUT2D eigenvalue weighted by molar-refractivity contribution is 7.99. The van der Waals surface area contributed by atoms with Crippen molar-refractivity contribution in [3.63, 3.8) is 0 Å². The number of nitro benzene ring substituents is 1. The average Bonchev–Trinajstić information content (AvgIpc) is 3.35. The Labute approximate surface area is 186 Å². The van der Waals surface area contributed by atoms with Gasteiger partial charge in [-0.3, -0.25) is 10.1 Å². The van der Waals surface area contributed by atoms with Gasteiger partial charge in [-0.05, 0) is 48.9 Å². The lowest BCUT2D eigenvalue weighted by Crippen LogP contribution is -2.31. The summed E-state index contributed by atoms with van der Waals surface area (Å²) in [6.45, 7) is 3.22. The van der Waals surface area contributed by atoms with Gasteiger partial charge in [-0.1, -0.05) is 18.2 Å². The average molecular weight is 463 g/mol. The van der Waals surface area contributed by atoms with Crippen LogP contribution in [0.1, 0.15) is 12.8 Å². The third-order valence-corrected chi connectivity index (χ3v) is 7.98. The number of piperidine rings is 1. The highest BCUT2D eigenvalue weighted by Crippen LogP contribution is 2.44. The molecule has 1 aliphatic heterocycles. The number of anilines is 1. The minimum Gasteiger partial charge on any atom is -0.376 e. The van der Waals surface area contributed by atoms with Crippen molar-refractivity contribution in [2.75, 3.05) is 30.7 Å². The van der Waals surface area contributed by atoms with E-state index in [-0.39, 0.29) is 16.6 Å². The van der Waals surface area contributed by atoms with Crippen LogP contribution in [0.3, 0.4) is 0 Å². The van der Waals surface area contributed by atoms with E-state index in [4.69, 9.17) is 5.14 Å². The van der Waals surface area contributed by atoms with E-state index in [9.17, 15) is 18.5 Å². The van der Waals surface area contributed by atoms with Crippen LogP contribution in [0.5, 0.6) is 0 Å². The van der Waals surface area contributed by atoms with Crippen molar-refractivity contribution < 1.29 is 13.3 Å². The summed E-state index contributed by atoms with van der Waals surface area (Å²) in [5, 5.41) is 20.0. The van der Waals surface area contributed by atoms with E-state index in [2.05, 4.69) is 10.2 Å². The number of nitro groups is 1. The fourth-order valence-electron chi connectivity index (χ4n) is 4.11. The zero-order valence-corrected chi connectivity index (χ0v) is 18.6. The fraction of sp³-hybridized carbons (Fsp3) is 0.429. The first-order chi connectivity index (χ1) is 14.8. The number of sulfonamides is 1. The number of nitrogens with one attached hydrogen (secondary N) is 1. The summed E-state index contributed by atoms with van der Waals surface area (Å²) in [6, 6.07) is 13.8. The maximum Gasteiger partial charge on any atom is 0.293 e. The van der Waals surface area contributed by atoms with E-state index in [1.165, 1.54) is 18.6 Å². The number of fused-ring (bicyclic) bond motifs is 1. The van der Waals surface area contributed by atoms with Gasteiger partial charge in [0.15, 0.2) is 0 Å². The van der Waals surface area contributed by atoms with E-state index < -0.39 is 14.9 Å². The molecule has 0 spiro atoms. The lowest BCUT2D eigenvalue weighted by Gasteiger charge is -2.24. The van der Waals surface area contributed by atoms with Crippen molar-refractivity contribution in [1.82, 2.24) is 4.90 Å². The number of likely N-dealkylation sites (tertiary alicyclic amines) is 1. The Kier molecular flexibility index (Phi) is 6.52. The Bertz CT molecular complexity index is 1040. The molecule has 31 heavy (non-hydrogen) atoms. The summed E-state index contributed by atoms with van der Waals surface area (Å²) in [5.41, 5.74) is 0.0176. The second-order valence-electron chi connectivity index (χ2n) is 8.25. The van der Waals surface area contributed by atoms with Gasteiger partial charge in [0.25, 0.3) is 5.69 Å². The molecule has 8 nitrogen and oxygen atoms in total. The second-order valence-corrected chi connectivity index (χ2v) is 10.9. The summed E-state index contributed by atoms with van der Waals surface area (Å²) in [7, 11) is -4.02. The molecule has 0 bridgehead atoms. The predicted octanol–water partition coefficient (Wildman–Crippen LogP) is 3.16. The molecule has 2 aliphatic rings. The van der Waals surface area contributed by atoms with Gasteiger partial charge < -0.3 is 10.2 Å². The summed E-state index contributed by atoms with van der Waals surface area (Å²) < 4.78 is 23.2. The van der Waals surface area contributed by atoms with Crippen molar-refractivity contribution in [2.24, 2.45) is 17.0 Å². The molecule has 0 unspecified atom stereocenters. The number of nitrogens with two attached hydrogens (primary N) is 1. The van der Waals surface area contributed by atoms with Crippen molar-refractivity contribution in [1.29, 1.82) is 0 Å². The van der Waals surface area contributed by atoms with E-state index in [0.29, 0.717) is 5.69 Å². The maximum absolute atomic E-state index is 11.6. The third kappa shape index (κ3) is 5.76. The van der Waals surface area contributed by atoms with Gasteiger partial charge in [0.2, 0.25) is 10.0 Å². The molecule has 2 fully saturated rings. The van der Waals surface area contributed by atoms with Crippen LogP contribution in [-0.2, 0) is 10.0 Å². The first-order valence-electron chi connectivity index (χ1n) is 10.3. The Balaban J connectivity index is 1.48. The quantitative estimate of drug-likeness (QED) is 0.316. The molecule has 2 aromatic carbocycles. The summed E-state index contributed by atoms with van der Waals surface area (Å²) >= 11 is 1.69. The van der Waals surface area contributed by atoms with Gasteiger partial charge in [-0.2, -0.15) is 0 Å². The molecule has 1 aliphatic carbocycles. The minimum absolute atomic E-state index is 0.0128. The van der Waals surface area contributed by atoms with Crippen LogP contribution in [0.2, 0.25) is 0 Å². The highest BCUT2D eigenvalue weighted by Gasteiger charge is 2.44. The Hall–Kier alpha value is -2.14. The molecule has 166 valence electrons. The zero-order chi connectivity index (χ0) is 22.0. The molecule has 3 N–H and O–H groups in total. The van der Waals surface area contributed by atoms with Gasteiger partial charge in [0.1, 0.15) is 5.69 Å². The predicted molar refractivity (Wildman–Crippen MR) is 122 cm³/mol. The van der Waals surface area contributed by atoms with Crippen LogP contribution in [0.25, 0.3) is 0 Å². The van der Waals surface area contributed by atoms with Crippen LogP contribution < -0.4 is 10.5 Å². The standard InChI is InChI=1S/C21H26N4O4S2/c22-31(28,29)19-6-7-20(21(11-19)25(26)27)23-17(14-30-18-4-2-1-3-5-18)8-9-24-12-15-10-16(15)13-24/h1-7,11,15-17,23H,8-10,12-14H2,(H2,22,28,29)/t15-,16+,17-/m1/s1. The molecule has 4 rings (SSSR count). The van der Waals surface area contributed by atoms with Crippen molar-refractivity contribution in [3.05, 3.63) is 58.6 Å². The van der Waals surface area contributed by atoms with Crippen LogP contribution >= 0.6 is 11.8 Å². The number of primary sulfonamides is 1. The SMILES string of the molecule is NS(=O)(=O)c1ccc(N[C@H](CCN2C[C@H]3C[C@H]3C2)CSc2ccccc2)c([N+](=O)[O-])c1. The summed E-state index contributed by atoms with van der Waals surface area (Å²) in [6.07, 6.45) is 2.19. The molecule has 10 heteroatoms. The molecule has 0 aromatic heterocycles. The number of benzene rings is 2. The van der Waals surface area contributed by atoms with Crippen LogP contribution in [-0.4, -0.2) is 49.7 Å². The van der Waals surface area contributed by atoms with E-state index in [0.717, 1.165) is 54.6 Å². The van der Waals surface area contributed by atoms with Gasteiger partial charge in [0.05, 0.1) is 9.82 Å². The molecule has 1 heterocycles. The molecule has 0 radical (unpaired) electrons. The molecule has 2 aromatic rings. The molecular weight excluding hydrogens is 436 g/mol. The normalized spacial score (nSPS) is 21.5. The maximum atomic E-state index is 11.6. The first kappa shape index (κ1) is 22.1. The molecule has 0 amide bonds. The highest BCUT2D eigenvalue weighted by atomic mass is 32.2. The number of rotatable bonds is 10. The van der Waals surface area contributed by atoms with Crippen molar-refractivity contribution in [2.45, 2.75) is 28.7 Å². The largest absolute Gasteiger partial charge is 0.376 e. The Morgan fingerprint density at radius 2 is 1.90 bits per heavy atom. The van der Waals surface area contributed by atoms with E-state index in [1.54, 1.807) is 11.8 Å². The third-order valence-electron chi connectivity index (χ3n) is 5.90. The Morgan fingerprint density at radius 3 is 2.55 bits per heavy atom. The van der Waals surface area contributed by atoms with Crippen LogP contribution in [0.15, 0.2) is 58.3 Å². The second kappa shape index (κ2) is 9.15. The molecule has 1 saturated carbocycles. The molecular formula is C21H26N4O4S2. The van der Waals surface area contributed by atoms with Gasteiger partial charge in [-0.25, -0.2) is 13.6 Å². The number of nitrogens with zero attached hydrogens (tertiary/aromatic N) is 2. The van der Waals surface area contributed by atoms with E-state index in [1.807, 2.05) is 30.3 Å². The number of hydrogen-bond donors (Lipinski definition) is 2. The van der Waals surface area contributed by atoms with Gasteiger partial charge in [-0.15, -0.1) is 11.8 Å². The first-order valence-corrected chi connectivity index (χ1v) is 12.8. The molecule has 1 saturated heterocycles. The van der Waals surface area contributed by atoms with Gasteiger partial charge >= 0.3 is 0 Å². The topological polar surface area (TPSA) is 119 Å². The van der Waals surface area contributed by atoms with Crippen molar-refractivity contribution in [3.8, 4) is 0 Å². The summed E-state index contributed by atoms with van der Waals surface area (Å²) in [4.78, 5) is 14.3. The fourth-order valence-corrected chi connectivity index (χ4v) is 5.64. The monoisotopic (exact) mass is 462 g/mol. The Morgan fingerprint density at radius 1 is 1.19 bits per heavy atom. The number of thioether (sulfide) groups is 1. The number of hydrogen-bond acceptors (Lipinski definition) is 7. The van der Waals surface area contributed by atoms with Crippen LogP contribution in [0, 0.1) is 22.0 Å². The van der Waals surface area contributed by atoms with Gasteiger partial charge in [0, 0.05) is 42.4 Å². The summed E-state index contributed by atoms with van der Waals surface area (Å²) in [5.74, 6) is 2.45. The van der Waals surface area contributed by atoms with Crippen molar-refractivity contribution >= 4 is 33.2 Å². The zero-order valence-electron chi connectivity index (χ0n) is 17.0. The lowest BCUT2D eigenvalue weighted by atomic mass is 10.2. The molecule has 3 atom stereocenters. The smallest absolute Gasteiger partial charge is 0.293 e. The van der Waals surface area contributed by atoms with Crippen LogP contribution in [0.4, 0.5) is 11.4 Å². The van der Waals surface area contributed by atoms with E-state index >= 15 is 0 Å².